The number of ether oxygens (including phenoxy) is 1. The third-order valence-electron chi connectivity index (χ3n) is 2.19. The van der Waals surface area contributed by atoms with E-state index < -0.39 is 7.60 Å². The molecule has 0 amide bonds. The van der Waals surface area contributed by atoms with Crippen LogP contribution in [0.3, 0.4) is 0 Å². The lowest BCUT2D eigenvalue weighted by Gasteiger charge is -2.16. The summed E-state index contributed by atoms with van der Waals surface area (Å²) in [6.45, 7) is 8.08. The molecule has 7 heteroatoms. The molecule has 0 spiro atoms. The van der Waals surface area contributed by atoms with Gasteiger partial charge in [-0.15, -0.1) is 0 Å². The fraction of sp³-hybridized carbons (Fsp3) is 0.923. The summed E-state index contributed by atoms with van der Waals surface area (Å²) in [7, 11) is -2.91. The van der Waals surface area contributed by atoms with E-state index in [9.17, 15) is 9.36 Å². The van der Waals surface area contributed by atoms with E-state index in [0.717, 1.165) is 17.9 Å². The molecule has 0 heterocycles. The van der Waals surface area contributed by atoms with Gasteiger partial charge in [0.1, 0.15) is 0 Å². The first-order valence-corrected chi connectivity index (χ1v) is 9.97. The van der Waals surface area contributed by atoms with Crippen molar-refractivity contribution in [2.24, 2.45) is 0 Å². The minimum atomic E-state index is -2.91. The van der Waals surface area contributed by atoms with Crippen LogP contribution in [0.1, 0.15) is 40.5 Å². The zero-order valence-electron chi connectivity index (χ0n) is 12.9. The number of carbonyl (C=O) groups excluding carboxylic acids is 1. The fourth-order valence-corrected chi connectivity index (χ4v) is 4.24. The molecule has 0 saturated heterocycles. The Morgan fingerprint density at radius 1 is 1.15 bits per heavy atom. The van der Waals surface area contributed by atoms with Crippen molar-refractivity contribution in [1.29, 1.82) is 0 Å². The normalized spacial score (nSPS) is 11.8. The third kappa shape index (κ3) is 10.7. The molecule has 20 heavy (non-hydrogen) atoms. The lowest BCUT2D eigenvalue weighted by atomic mass is 10.4. The van der Waals surface area contributed by atoms with Gasteiger partial charge in [-0.2, -0.15) is 11.8 Å². The van der Waals surface area contributed by atoms with Crippen molar-refractivity contribution in [2.45, 2.75) is 46.6 Å². The summed E-state index contributed by atoms with van der Waals surface area (Å²) in [4.78, 5) is 11.3. The van der Waals surface area contributed by atoms with Gasteiger partial charge in [-0.1, -0.05) is 0 Å². The van der Waals surface area contributed by atoms with Gasteiger partial charge in [0.15, 0.2) is 0 Å². The van der Waals surface area contributed by atoms with E-state index in [1.807, 2.05) is 13.8 Å². The van der Waals surface area contributed by atoms with E-state index in [2.05, 4.69) is 0 Å². The average molecular weight is 326 g/mol. The van der Waals surface area contributed by atoms with Crippen molar-refractivity contribution >= 4 is 25.3 Å². The van der Waals surface area contributed by atoms with Gasteiger partial charge in [0.25, 0.3) is 0 Å². The Labute approximate surface area is 126 Å². The molecule has 0 aromatic rings. The summed E-state index contributed by atoms with van der Waals surface area (Å²) in [6, 6.07) is 0. The Morgan fingerprint density at radius 2 is 1.75 bits per heavy atom. The van der Waals surface area contributed by atoms with Gasteiger partial charge in [-0.05, 0) is 39.9 Å². The Morgan fingerprint density at radius 3 is 2.25 bits per heavy atom. The molecule has 5 nitrogen and oxygen atoms in total. The maximum atomic E-state index is 12.1. The van der Waals surface area contributed by atoms with Gasteiger partial charge >= 0.3 is 13.6 Å². The molecule has 0 aliphatic carbocycles. The first-order chi connectivity index (χ1) is 9.43. The lowest BCUT2D eigenvalue weighted by Crippen LogP contribution is -2.11. The highest BCUT2D eigenvalue weighted by Gasteiger charge is 2.22. The zero-order chi connectivity index (χ0) is 15.4. The van der Waals surface area contributed by atoms with E-state index in [1.54, 1.807) is 25.6 Å². The lowest BCUT2D eigenvalue weighted by molar-refractivity contribution is -0.146. The second kappa shape index (κ2) is 11.6. The van der Waals surface area contributed by atoms with E-state index >= 15 is 0 Å². The number of carbonyl (C=O) groups is 1. The molecular formula is C13H27O5PS. The molecule has 0 aromatic heterocycles. The number of esters is 1. The third-order valence-corrected chi connectivity index (χ3v) is 5.43. The molecule has 0 unspecified atom stereocenters. The molecule has 0 rings (SSSR count). The first-order valence-electron chi connectivity index (χ1n) is 7.09. The summed E-state index contributed by atoms with van der Waals surface area (Å²) in [5, 5.41) is 0. The van der Waals surface area contributed by atoms with E-state index in [-0.39, 0.29) is 12.1 Å². The SMILES string of the molecule is CCOP(=O)(CCCSCCC(=O)OC(C)C)OCC. The van der Waals surface area contributed by atoms with Crippen LogP contribution < -0.4 is 0 Å². The minimum absolute atomic E-state index is 0.0595. The molecule has 0 radical (unpaired) electrons. The van der Waals surface area contributed by atoms with Gasteiger partial charge in [-0.25, -0.2) is 0 Å². The van der Waals surface area contributed by atoms with Gasteiger partial charge in [0.05, 0.1) is 31.9 Å². The van der Waals surface area contributed by atoms with Gasteiger partial charge in [0, 0.05) is 5.75 Å². The molecule has 0 N–H and O–H groups in total. The highest BCUT2D eigenvalue weighted by Crippen LogP contribution is 2.48. The number of hydrogen-bond acceptors (Lipinski definition) is 6. The van der Waals surface area contributed by atoms with Crippen molar-refractivity contribution in [2.75, 3.05) is 30.9 Å². The Kier molecular flexibility index (Phi) is 11.6. The largest absolute Gasteiger partial charge is 0.463 e. The maximum absolute atomic E-state index is 12.1. The Bertz CT molecular complexity index is 299. The van der Waals surface area contributed by atoms with Crippen LogP contribution in [0.15, 0.2) is 0 Å². The second-order valence-electron chi connectivity index (χ2n) is 4.42. The standard InChI is InChI=1S/C13H27O5PS/c1-5-16-19(15,17-6-2)9-7-10-20-11-8-13(14)18-12(3)4/h12H,5-11H2,1-4H3. The molecule has 0 aliphatic heterocycles. The van der Waals surface area contributed by atoms with Crippen LogP contribution in [-0.2, 0) is 23.1 Å². The minimum Gasteiger partial charge on any atom is -0.463 e. The summed E-state index contributed by atoms with van der Waals surface area (Å²) in [5.41, 5.74) is 0. The average Bonchev–Trinajstić information content (AvgIpc) is 2.33. The topological polar surface area (TPSA) is 61.8 Å². The van der Waals surface area contributed by atoms with Crippen LogP contribution in [0.4, 0.5) is 0 Å². The predicted molar refractivity (Wildman–Crippen MR) is 83.5 cm³/mol. The molecule has 0 aliphatic rings. The molecule has 0 saturated carbocycles. The first kappa shape index (κ1) is 20.0. The van der Waals surface area contributed by atoms with E-state index in [0.29, 0.717) is 25.8 Å². The smallest absolute Gasteiger partial charge is 0.330 e. The zero-order valence-corrected chi connectivity index (χ0v) is 14.6. The van der Waals surface area contributed by atoms with Crippen LogP contribution in [0, 0.1) is 0 Å². The highest BCUT2D eigenvalue weighted by atomic mass is 32.2. The number of hydrogen-bond donors (Lipinski definition) is 0. The predicted octanol–water partition coefficient (Wildman–Crippen LogP) is 3.72. The van der Waals surface area contributed by atoms with Crippen LogP contribution in [0.25, 0.3) is 0 Å². The van der Waals surface area contributed by atoms with Gasteiger partial charge < -0.3 is 13.8 Å². The summed E-state index contributed by atoms with van der Waals surface area (Å²) >= 11 is 1.65. The van der Waals surface area contributed by atoms with Crippen LogP contribution >= 0.6 is 19.4 Å². The van der Waals surface area contributed by atoms with Crippen molar-refractivity contribution in [1.82, 2.24) is 0 Å². The van der Waals surface area contributed by atoms with Crippen LogP contribution in [-0.4, -0.2) is 43.0 Å². The van der Waals surface area contributed by atoms with Gasteiger partial charge in [-0.3, -0.25) is 9.36 Å². The van der Waals surface area contributed by atoms with E-state index in [1.165, 1.54) is 0 Å². The molecule has 0 bridgehead atoms. The highest BCUT2D eigenvalue weighted by molar-refractivity contribution is 7.99. The Balaban J connectivity index is 3.69. The van der Waals surface area contributed by atoms with Crippen LogP contribution in [0.5, 0.6) is 0 Å². The molecular weight excluding hydrogens is 299 g/mol. The second-order valence-corrected chi connectivity index (χ2v) is 7.83. The Hall–Kier alpha value is -0.0300. The molecule has 0 fully saturated rings. The maximum Gasteiger partial charge on any atom is 0.330 e. The molecule has 120 valence electrons. The van der Waals surface area contributed by atoms with Gasteiger partial charge in [0.2, 0.25) is 0 Å². The quantitative estimate of drug-likeness (QED) is 0.309. The number of rotatable bonds is 12. The number of thioether (sulfide) groups is 1. The molecule has 0 aromatic carbocycles. The summed E-state index contributed by atoms with van der Waals surface area (Å²) in [6.07, 6.45) is 1.53. The van der Waals surface area contributed by atoms with Crippen molar-refractivity contribution in [3.8, 4) is 0 Å². The van der Waals surface area contributed by atoms with E-state index in [4.69, 9.17) is 13.8 Å². The van der Waals surface area contributed by atoms with Crippen molar-refractivity contribution in [3.63, 3.8) is 0 Å². The summed E-state index contributed by atoms with van der Waals surface area (Å²) in [5.74, 6) is 1.39. The monoisotopic (exact) mass is 326 g/mol. The fourth-order valence-electron chi connectivity index (χ4n) is 1.50. The van der Waals surface area contributed by atoms with Crippen LogP contribution in [0.2, 0.25) is 0 Å². The molecule has 0 atom stereocenters. The van der Waals surface area contributed by atoms with Crippen molar-refractivity contribution < 1.29 is 23.1 Å². The summed E-state index contributed by atoms with van der Waals surface area (Å²) < 4.78 is 27.6. The van der Waals surface area contributed by atoms with Crippen molar-refractivity contribution in [3.05, 3.63) is 0 Å².